The molecule has 1 aromatic heterocycles. The Hall–Kier alpha value is -3.18. The number of aromatic nitrogens is 1. The Kier molecular flexibility index (Phi) is 5.61. The zero-order chi connectivity index (χ0) is 18.4. The summed E-state index contributed by atoms with van der Waals surface area (Å²) in [6, 6.07) is 19.0. The number of rotatable bonds is 7. The van der Waals surface area contributed by atoms with Gasteiger partial charge in [-0.25, -0.2) is 4.98 Å². The number of aryl methyl sites for hydroxylation is 1. The zero-order valence-electron chi connectivity index (χ0n) is 14.3. The van der Waals surface area contributed by atoms with Crippen LogP contribution in [-0.4, -0.2) is 22.6 Å². The van der Waals surface area contributed by atoms with Crippen LogP contribution in [0.5, 0.6) is 11.6 Å². The molecule has 0 unspecified atom stereocenters. The summed E-state index contributed by atoms with van der Waals surface area (Å²) in [5, 5.41) is 9.00. The molecule has 0 spiro atoms. The van der Waals surface area contributed by atoms with Crippen molar-refractivity contribution in [1.29, 1.82) is 0 Å². The van der Waals surface area contributed by atoms with Crippen molar-refractivity contribution in [3.05, 3.63) is 78.0 Å². The molecule has 0 fully saturated rings. The predicted molar refractivity (Wildman–Crippen MR) is 100 cm³/mol. The molecule has 2 aromatic carbocycles. The second-order valence-corrected chi connectivity index (χ2v) is 5.88. The van der Waals surface area contributed by atoms with Crippen molar-refractivity contribution in [2.24, 2.45) is 5.73 Å². The Morgan fingerprint density at radius 1 is 1.04 bits per heavy atom. The third-order valence-electron chi connectivity index (χ3n) is 3.97. The average molecular weight is 348 g/mol. The molecule has 5 heteroatoms. The summed E-state index contributed by atoms with van der Waals surface area (Å²) >= 11 is 0. The number of nitrogens with zero attached hydrogens (tertiary/aromatic N) is 1. The summed E-state index contributed by atoms with van der Waals surface area (Å²) < 4.78 is 5.78. The number of hydrogen-bond acceptors (Lipinski definition) is 4. The molecule has 3 rings (SSSR count). The number of nitrogens with two attached hydrogens (primary N) is 1. The van der Waals surface area contributed by atoms with Gasteiger partial charge < -0.3 is 15.6 Å². The van der Waals surface area contributed by atoms with Crippen molar-refractivity contribution < 1.29 is 14.6 Å². The van der Waals surface area contributed by atoms with Gasteiger partial charge in [0, 0.05) is 12.8 Å². The molecule has 132 valence electrons. The van der Waals surface area contributed by atoms with Gasteiger partial charge in [0.25, 0.3) is 5.91 Å². The summed E-state index contributed by atoms with van der Waals surface area (Å²) in [6.07, 6.45) is 3.12. The van der Waals surface area contributed by atoms with Gasteiger partial charge in [0.2, 0.25) is 5.88 Å². The van der Waals surface area contributed by atoms with Crippen LogP contribution in [0.2, 0.25) is 0 Å². The lowest BCUT2D eigenvalue weighted by molar-refractivity contribution is 0.0997. The standard InChI is InChI=1S/C21H20N2O3/c22-20(25)19-10-3-11-23-21(19)26-18-9-2-8-17(14-18)16-7-1-5-15(13-16)6-4-12-24/h1-3,5,7-11,13-14,24H,4,6,12H2,(H2,22,25). The number of carbonyl (C=O) groups excluding carboxylic acids is 1. The van der Waals surface area contributed by atoms with Crippen molar-refractivity contribution in [2.45, 2.75) is 12.8 Å². The number of primary amides is 1. The van der Waals surface area contributed by atoms with E-state index in [1.165, 1.54) is 5.56 Å². The summed E-state index contributed by atoms with van der Waals surface area (Å²) in [5.74, 6) is 0.180. The molecule has 0 saturated heterocycles. The van der Waals surface area contributed by atoms with Crippen molar-refractivity contribution >= 4 is 5.91 Å². The fourth-order valence-electron chi connectivity index (χ4n) is 2.70. The van der Waals surface area contributed by atoms with Crippen LogP contribution in [0.15, 0.2) is 66.9 Å². The van der Waals surface area contributed by atoms with Gasteiger partial charge in [0.05, 0.1) is 0 Å². The molecular weight excluding hydrogens is 328 g/mol. The van der Waals surface area contributed by atoms with Crippen LogP contribution in [0.3, 0.4) is 0 Å². The van der Waals surface area contributed by atoms with Crippen LogP contribution >= 0.6 is 0 Å². The van der Waals surface area contributed by atoms with Gasteiger partial charge in [-0.1, -0.05) is 36.4 Å². The molecule has 0 atom stereocenters. The number of aliphatic hydroxyl groups excluding tert-OH is 1. The maximum Gasteiger partial charge on any atom is 0.254 e. The van der Waals surface area contributed by atoms with Gasteiger partial charge in [-0.05, 0) is 53.8 Å². The first kappa shape index (κ1) is 17.6. The van der Waals surface area contributed by atoms with Crippen LogP contribution in [-0.2, 0) is 6.42 Å². The van der Waals surface area contributed by atoms with E-state index in [1.54, 1.807) is 24.4 Å². The third kappa shape index (κ3) is 4.26. The smallest absolute Gasteiger partial charge is 0.254 e. The Labute approximate surface area is 152 Å². The van der Waals surface area contributed by atoms with E-state index in [9.17, 15) is 4.79 Å². The normalized spacial score (nSPS) is 10.5. The molecule has 0 aliphatic heterocycles. The van der Waals surface area contributed by atoms with E-state index in [-0.39, 0.29) is 18.1 Å². The van der Waals surface area contributed by atoms with E-state index < -0.39 is 5.91 Å². The molecule has 3 N–H and O–H groups in total. The van der Waals surface area contributed by atoms with Crippen molar-refractivity contribution in [1.82, 2.24) is 4.98 Å². The Balaban J connectivity index is 1.86. The largest absolute Gasteiger partial charge is 0.438 e. The minimum absolute atomic E-state index is 0.180. The molecule has 0 radical (unpaired) electrons. The SMILES string of the molecule is NC(=O)c1cccnc1Oc1cccc(-c2cccc(CCCO)c2)c1. The fraction of sp³-hybridized carbons (Fsp3) is 0.143. The number of pyridine rings is 1. The monoisotopic (exact) mass is 348 g/mol. The van der Waals surface area contributed by atoms with Crippen molar-refractivity contribution in [3.8, 4) is 22.8 Å². The van der Waals surface area contributed by atoms with Crippen molar-refractivity contribution in [2.75, 3.05) is 6.61 Å². The molecule has 3 aromatic rings. The molecular formula is C21H20N2O3. The average Bonchev–Trinajstić information content (AvgIpc) is 2.67. The van der Waals surface area contributed by atoms with Gasteiger partial charge in [0.15, 0.2) is 0 Å². The van der Waals surface area contributed by atoms with E-state index in [0.29, 0.717) is 5.75 Å². The molecule has 5 nitrogen and oxygen atoms in total. The maximum atomic E-state index is 11.5. The van der Waals surface area contributed by atoms with E-state index in [0.717, 1.165) is 24.0 Å². The highest BCUT2D eigenvalue weighted by Crippen LogP contribution is 2.28. The van der Waals surface area contributed by atoms with Crippen LogP contribution in [0, 0.1) is 0 Å². The highest BCUT2D eigenvalue weighted by molar-refractivity contribution is 5.95. The molecule has 0 saturated carbocycles. The van der Waals surface area contributed by atoms with E-state index in [4.69, 9.17) is 15.6 Å². The summed E-state index contributed by atoms with van der Waals surface area (Å²) in [4.78, 5) is 15.6. The Morgan fingerprint density at radius 2 is 1.81 bits per heavy atom. The van der Waals surface area contributed by atoms with E-state index in [1.807, 2.05) is 36.4 Å². The number of amides is 1. The third-order valence-corrected chi connectivity index (χ3v) is 3.97. The number of ether oxygens (including phenoxy) is 1. The maximum absolute atomic E-state index is 11.5. The molecule has 0 aliphatic rings. The highest BCUT2D eigenvalue weighted by atomic mass is 16.5. The van der Waals surface area contributed by atoms with Gasteiger partial charge in [-0.3, -0.25) is 4.79 Å². The van der Waals surface area contributed by atoms with Gasteiger partial charge in [-0.15, -0.1) is 0 Å². The van der Waals surface area contributed by atoms with Gasteiger partial charge >= 0.3 is 0 Å². The first-order valence-electron chi connectivity index (χ1n) is 8.40. The lowest BCUT2D eigenvalue weighted by Crippen LogP contribution is -2.12. The minimum atomic E-state index is -0.583. The molecule has 1 heterocycles. The van der Waals surface area contributed by atoms with Gasteiger partial charge in [0.1, 0.15) is 11.3 Å². The Bertz CT molecular complexity index is 909. The van der Waals surface area contributed by atoms with Crippen LogP contribution in [0.25, 0.3) is 11.1 Å². The second-order valence-electron chi connectivity index (χ2n) is 5.88. The lowest BCUT2D eigenvalue weighted by Gasteiger charge is -2.10. The molecule has 1 amide bonds. The number of aliphatic hydroxyl groups is 1. The number of carbonyl (C=O) groups is 1. The quantitative estimate of drug-likeness (QED) is 0.683. The minimum Gasteiger partial charge on any atom is -0.438 e. The van der Waals surface area contributed by atoms with Crippen LogP contribution in [0.4, 0.5) is 0 Å². The van der Waals surface area contributed by atoms with Crippen LogP contribution in [0.1, 0.15) is 22.3 Å². The van der Waals surface area contributed by atoms with Gasteiger partial charge in [-0.2, -0.15) is 0 Å². The first-order valence-corrected chi connectivity index (χ1v) is 8.40. The predicted octanol–water partition coefficient (Wildman–Crippen LogP) is 3.56. The highest BCUT2D eigenvalue weighted by Gasteiger charge is 2.11. The first-order chi connectivity index (χ1) is 12.7. The lowest BCUT2D eigenvalue weighted by atomic mass is 10.0. The zero-order valence-corrected chi connectivity index (χ0v) is 14.3. The molecule has 0 bridgehead atoms. The van der Waals surface area contributed by atoms with E-state index in [2.05, 4.69) is 11.1 Å². The second kappa shape index (κ2) is 8.27. The molecule has 0 aliphatic carbocycles. The fourth-order valence-corrected chi connectivity index (χ4v) is 2.70. The number of hydrogen-bond donors (Lipinski definition) is 2. The molecule has 26 heavy (non-hydrogen) atoms. The Morgan fingerprint density at radius 3 is 2.58 bits per heavy atom. The summed E-state index contributed by atoms with van der Waals surface area (Å²) in [5.41, 5.74) is 8.83. The topological polar surface area (TPSA) is 85.4 Å². The van der Waals surface area contributed by atoms with Crippen molar-refractivity contribution in [3.63, 3.8) is 0 Å². The summed E-state index contributed by atoms with van der Waals surface area (Å²) in [7, 11) is 0. The van der Waals surface area contributed by atoms with E-state index >= 15 is 0 Å². The number of benzene rings is 2. The van der Waals surface area contributed by atoms with Crippen LogP contribution < -0.4 is 10.5 Å². The summed E-state index contributed by atoms with van der Waals surface area (Å²) in [6.45, 7) is 0.180.